The van der Waals surface area contributed by atoms with Crippen LogP contribution in [-0.2, 0) is 0 Å². The number of carbonyl (C=O) groups excluding carboxylic acids is 2. The normalized spacial score (nSPS) is 10.5. The summed E-state index contributed by atoms with van der Waals surface area (Å²) < 4.78 is 0. The minimum atomic E-state index is -0.265. The Bertz CT molecular complexity index is 885. The second-order valence-corrected chi connectivity index (χ2v) is 5.46. The van der Waals surface area contributed by atoms with E-state index in [9.17, 15) is 9.59 Å². The Morgan fingerprint density at radius 1 is 1.08 bits per heavy atom. The van der Waals surface area contributed by atoms with Gasteiger partial charge in [0.1, 0.15) is 0 Å². The SMILES string of the molecule is CCCNC(=O)c1cccc(C(=O)Nc2ccc3cn[nH]c3c2)c1. The molecule has 122 valence electrons. The summed E-state index contributed by atoms with van der Waals surface area (Å²) in [7, 11) is 0. The Labute approximate surface area is 139 Å². The van der Waals surface area contributed by atoms with Crippen molar-refractivity contribution in [3.05, 3.63) is 59.8 Å². The molecule has 0 bridgehead atoms. The highest BCUT2D eigenvalue weighted by molar-refractivity contribution is 6.06. The number of hydrogen-bond donors (Lipinski definition) is 3. The van der Waals surface area contributed by atoms with Crippen molar-refractivity contribution in [3.63, 3.8) is 0 Å². The first-order valence-corrected chi connectivity index (χ1v) is 7.80. The molecule has 1 aromatic heterocycles. The summed E-state index contributed by atoms with van der Waals surface area (Å²) in [5.41, 5.74) is 2.42. The Balaban J connectivity index is 1.75. The van der Waals surface area contributed by atoms with Crippen LogP contribution in [-0.4, -0.2) is 28.6 Å². The van der Waals surface area contributed by atoms with E-state index >= 15 is 0 Å². The average Bonchev–Trinajstić information content (AvgIpc) is 3.07. The van der Waals surface area contributed by atoms with Gasteiger partial charge >= 0.3 is 0 Å². The number of amides is 2. The Kier molecular flexibility index (Phi) is 4.56. The first-order chi connectivity index (χ1) is 11.7. The van der Waals surface area contributed by atoms with Crippen LogP contribution in [0.3, 0.4) is 0 Å². The van der Waals surface area contributed by atoms with Gasteiger partial charge in [0.2, 0.25) is 0 Å². The lowest BCUT2D eigenvalue weighted by molar-refractivity contribution is 0.0953. The fourth-order valence-electron chi connectivity index (χ4n) is 2.36. The van der Waals surface area contributed by atoms with Gasteiger partial charge in [-0.05, 0) is 42.8 Å². The average molecular weight is 322 g/mol. The summed E-state index contributed by atoms with van der Waals surface area (Å²) in [5, 5.41) is 13.4. The minimum absolute atomic E-state index is 0.176. The third kappa shape index (κ3) is 3.43. The molecule has 3 aromatic rings. The molecule has 0 fully saturated rings. The number of rotatable bonds is 5. The van der Waals surface area contributed by atoms with Crippen molar-refractivity contribution in [1.29, 1.82) is 0 Å². The largest absolute Gasteiger partial charge is 0.352 e. The van der Waals surface area contributed by atoms with E-state index < -0.39 is 0 Å². The molecule has 3 N–H and O–H groups in total. The van der Waals surface area contributed by atoms with Crippen LogP contribution in [0.25, 0.3) is 10.9 Å². The van der Waals surface area contributed by atoms with E-state index in [1.54, 1.807) is 30.5 Å². The highest BCUT2D eigenvalue weighted by Crippen LogP contribution is 2.17. The van der Waals surface area contributed by atoms with Crippen LogP contribution in [0.5, 0.6) is 0 Å². The van der Waals surface area contributed by atoms with Gasteiger partial charge in [0.15, 0.2) is 0 Å². The number of hydrogen-bond acceptors (Lipinski definition) is 3. The van der Waals surface area contributed by atoms with Gasteiger partial charge in [0.05, 0.1) is 11.7 Å². The van der Waals surface area contributed by atoms with Crippen molar-refractivity contribution in [2.24, 2.45) is 0 Å². The molecule has 6 heteroatoms. The van der Waals surface area contributed by atoms with Gasteiger partial charge in [-0.2, -0.15) is 5.10 Å². The summed E-state index contributed by atoms with van der Waals surface area (Å²) in [6.45, 7) is 2.60. The lowest BCUT2D eigenvalue weighted by atomic mass is 10.1. The number of aromatic nitrogens is 2. The maximum Gasteiger partial charge on any atom is 0.255 e. The van der Waals surface area contributed by atoms with Crippen molar-refractivity contribution in [3.8, 4) is 0 Å². The van der Waals surface area contributed by atoms with Crippen LogP contribution in [0.1, 0.15) is 34.1 Å². The van der Waals surface area contributed by atoms with Crippen LogP contribution in [0.15, 0.2) is 48.7 Å². The van der Waals surface area contributed by atoms with E-state index in [1.807, 2.05) is 25.1 Å². The topological polar surface area (TPSA) is 86.9 Å². The van der Waals surface area contributed by atoms with Gasteiger partial charge in [-0.3, -0.25) is 14.7 Å². The highest BCUT2D eigenvalue weighted by Gasteiger charge is 2.11. The predicted molar refractivity (Wildman–Crippen MR) is 93.1 cm³/mol. The van der Waals surface area contributed by atoms with Crippen LogP contribution >= 0.6 is 0 Å². The lowest BCUT2D eigenvalue weighted by Crippen LogP contribution is -2.24. The van der Waals surface area contributed by atoms with Crippen molar-refractivity contribution >= 4 is 28.4 Å². The Morgan fingerprint density at radius 2 is 1.88 bits per heavy atom. The molecule has 0 saturated heterocycles. The van der Waals surface area contributed by atoms with Crippen LogP contribution in [0.2, 0.25) is 0 Å². The monoisotopic (exact) mass is 322 g/mol. The van der Waals surface area contributed by atoms with Gasteiger partial charge in [-0.25, -0.2) is 0 Å². The molecule has 0 aliphatic carbocycles. The van der Waals surface area contributed by atoms with Crippen molar-refractivity contribution in [2.45, 2.75) is 13.3 Å². The summed E-state index contributed by atoms with van der Waals surface area (Å²) in [6, 6.07) is 12.2. The number of aromatic amines is 1. The molecule has 0 aliphatic heterocycles. The Hall–Kier alpha value is -3.15. The molecule has 2 aromatic carbocycles. The van der Waals surface area contributed by atoms with Crippen molar-refractivity contribution in [1.82, 2.24) is 15.5 Å². The van der Waals surface area contributed by atoms with E-state index in [1.165, 1.54) is 0 Å². The van der Waals surface area contributed by atoms with Gasteiger partial charge in [-0.1, -0.05) is 13.0 Å². The Morgan fingerprint density at radius 3 is 2.67 bits per heavy atom. The first kappa shape index (κ1) is 15.7. The zero-order valence-electron chi connectivity index (χ0n) is 13.3. The van der Waals surface area contributed by atoms with E-state index in [2.05, 4.69) is 20.8 Å². The molecule has 0 spiro atoms. The number of carbonyl (C=O) groups is 2. The molecule has 3 rings (SSSR count). The van der Waals surface area contributed by atoms with Crippen molar-refractivity contribution in [2.75, 3.05) is 11.9 Å². The third-order valence-corrected chi connectivity index (χ3v) is 3.62. The summed E-state index contributed by atoms with van der Waals surface area (Å²) >= 11 is 0. The molecule has 24 heavy (non-hydrogen) atoms. The molecule has 0 unspecified atom stereocenters. The van der Waals surface area contributed by atoms with E-state index in [0.29, 0.717) is 23.4 Å². The van der Waals surface area contributed by atoms with Gasteiger partial charge in [0, 0.05) is 28.7 Å². The molecular formula is C18H18N4O2. The zero-order valence-corrected chi connectivity index (χ0v) is 13.3. The maximum atomic E-state index is 12.4. The summed E-state index contributed by atoms with van der Waals surface area (Å²) in [6.07, 6.45) is 2.58. The number of fused-ring (bicyclic) bond motifs is 1. The second-order valence-electron chi connectivity index (χ2n) is 5.46. The van der Waals surface area contributed by atoms with Crippen molar-refractivity contribution < 1.29 is 9.59 Å². The molecule has 0 saturated carbocycles. The second kappa shape index (κ2) is 6.95. The highest BCUT2D eigenvalue weighted by atomic mass is 16.2. The minimum Gasteiger partial charge on any atom is -0.352 e. The number of H-pyrrole nitrogens is 1. The van der Waals surface area contributed by atoms with Crippen LogP contribution in [0, 0.1) is 0 Å². The third-order valence-electron chi connectivity index (χ3n) is 3.62. The number of nitrogens with zero attached hydrogens (tertiary/aromatic N) is 1. The molecule has 6 nitrogen and oxygen atoms in total. The molecule has 0 atom stereocenters. The number of anilines is 1. The quantitative estimate of drug-likeness (QED) is 0.675. The molecule has 2 amide bonds. The summed E-state index contributed by atoms with van der Waals surface area (Å²) in [4.78, 5) is 24.4. The van der Waals surface area contributed by atoms with Crippen LogP contribution < -0.4 is 10.6 Å². The fraction of sp³-hybridized carbons (Fsp3) is 0.167. The van der Waals surface area contributed by atoms with E-state index in [-0.39, 0.29) is 11.8 Å². The smallest absolute Gasteiger partial charge is 0.255 e. The number of benzene rings is 2. The first-order valence-electron chi connectivity index (χ1n) is 7.80. The van der Waals surface area contributed by atoms with E-state index in [0.717, 1.165) is 17.3 Å². The predicted octanol–water partition coefficient (Wildman–Crippen LogP) is 2.96. The van der Waals surface area contributed by atoms with E-state index in [4.69, 9.17) is 0 Å². The van der Waals surface area contributed by atoms with Gasteiger partial charge in [0.25, 0.3) is 11.8 Å². The van der Waals surface area contributed by atoms with Gasteiger partial charge in [-0.15, -0.1) is 0 Å². The maximum absolute atomic E-state index is 12.4. The van der Waals surface area contributed by atoms with Gasteiger partial charge < -0.3 is 10.6 Å². The molecule has 0 aliphatic rings. The number of nitrogens with one attached hydrogen (secondary N) is 3. The fourth-order valence-corrected chi connectivity index (χ4v) is 2.36. The molecule has 0 radical (unpaired) electrons. The zero-order chi connectivity index (χ0) is 16.9. The van der Waals surface area contributed by atoms with Crippen LogP contribution in [0.4, 0.5) is 5.69 Å². The summed E-state index contributed by atoms with van der Waals surface area (Å²) in [5.74, 6) is -0.440. The molecular weight excluding hydrogens is 304 g/mol. The standard InChI is InChI=1S/C18H18N4O2/c1-2-8-19-17(23)12-4-3-5-13(9-12)18(24)21-15-7-6-14-11-20-22-16(14)10-15/h3-7,9-11H,2,8H2,1H3,(H,19,23)(H,20,22)(H,21,24). The lowest BCUT2D eigenvalue weighted by Gasteiger charge is -2.08. The molecule has 1 heterocycles.